The van der Waals surface area contributed by atoms with E-state index >= 15 is 0 Å². The van der Waals surface area contributed by atoms with Crippen LogP contribution in [-0.4, -0.2) is 18.4 Å². The van der Waals surface area contributed by atoms with Crippen molar-refractivity contribution in [3.63, 3.8) is 0 Å². The van der Waals surface area contributed by atoms with Crippen molar-refractivity contribution in [1.29, 1.82) is 0 Å². The Morgan fingerprint density at radius 2 is 1.68 bits per heavy atom. The van der Waals surface area contributed by atoms with E-state index in [0.717, 1.165) is 36.3 Å². The maximum Gasteiger partial charge on any atom is 0.255 e. The molecule has 1 saturated carbocycles. The number of hydrogen-bond acceptors (Lipinski definition) is 3. The zero-order valence-corrected chi connectivity index (χ0v) is 16.7. The molecular formula is C23H28N2O3. The lowest BCUT2D eigenvalue weighted by Crippen LogP contribution is -2.16. The van der Waals surface area contributed by atoms with Gasteiger partial charge in [0.05, 0.1) is 6.61 Å². The number of carbonyl (C=O) groups excluding carboxylic acids is 2. The average molecular weight is 380 g/mol. The highest BCUT2D eigenvalue weighted by Crippen LogP contribution is 2.31. The van der Waals surface area contributed by atoms with Gasteiger partial charge in [0, 0.05) is 22.9 Å². The topological polar surface area (TPSA) is 67.4 Å². The highest BCUT2D eigenvalue weighted by Gasteiger charge is 2.29. The summed E-state index contributed by atoms with van der Waals surface area (Å²) in [5.41, 5.74) is 2.83. The maximum absolute atomic E-state index is 12.6. The van der Waals surface area contributed by atoms with Crippen LogP contribution >= 0.6 is 0 Å². The molecule has 2 amide bonds. The molecule has 0 unspecified atom stereocenters. The van der Waals surface area contributed by atoms with Crippen molar-refractivity contribution in [2.45, 2.75) is 40.0 Å². The Bertz CT molecular complexity index is 839. The van der Waals surface area contributed by atoms with Crippen LogP contribution in [0.1, 0.15) is 49.0 Å². The molecule has 1 aliphatic rings. The van der Waals surface area contributed by atoms with Crippen LogP contribution in [0.5, 0.6) is 5.75 Å². The quantitative estimate of drug-likeness (QED) is 0.676. The molecule has 5 heteroatoms. The number of hydrogen-bond donors (Lipinski definition) is 2. The molecule has 0 saturated heterocycles. The standard InChI is InChI=1S/C23H28N2O3/c1-15(2)13-14-28-19-11-9-18(10-12-19)23(27)25-21-6-4-5-20(16(21)3)24-22(26)17-7-8-17/h4-6,9-12,15,17H,7-8,13-14H2,1-3H3,(H,24,26)(H,25,27). The number of rotatable bonds is 8. The fraction of sp³-hybridized carbons (Fsp3) is 0.391. The normalized spacial score (nSPS) is 13.3. The van der Waals surface area contributed by atoms with Gasteiger partial charge in [-0.25, -0.2) is 0 Å². The average Bonchev–Trinajstić information content (AvgIpc) is 3.50. The molecule has 0 atom stereocenters. The van der Waals surface area contributed by atoms with Gasteiger partial charge in [0.25, 0.3) is 5.91 Å². The van der Waals surface area contributed by atoms with Crippen molar-refractivity contribution in [2.24, 2.45) is 11.8 Å². The van der Waals surface area contributed by atoms with E-state index in [2.05, 4.69) is 24.5 Å². The van der Waals surface area contributed by atoms with E-state index in [1.807, 2.05) is 37.3 Å². The predicted molar refractivity (Wildman–Crippen MR) is 112 cm³/mol. The van der Waals surface area contributed by atoms with Crippen LogP contribution in [0.4, 0.5) is 11.4 Å². The minimum Gasteiger partial charge on any atom is -0.494 e. The Hall–Kier alpha value is -2.82. The molecule has 5 nitrogen and oxygen atoms in total. The van der Waals surface area contributed by atoms with Crippen molar-refractivity contribution >= 4 is 23.2 Å². The molecule has 0 aliphatic heterocycles. The van der Waals surface area contributed by atoms with Gasteiger partial charge in [0.1, 0.15) is 5.75 Å². The predicted octanol–water partition coefficient (Wildman–Crippen LogP) is 5.02. The molecule has 1 aliphatic carbocycles. The van der Waals surface area contributed by atoms with Crippen LogP contribution in [0, 0.1) is 18.8 Å². The summed E-state index contributed by atoms with van der Waals surface area (Å²) in [6.07, 6.45) is 2.91. The summed E-state index contributed by atoms with van der Waals surface area (Å²) in [6.45, 7) is 6.88. The third kappa shape index (κ3) is 5.35. The van der Waals surface area contributed by atoms with Gasteiger partial charge in [-0.05, 0) is 74.1 Å². The van der Waals surface area contributed by atoms with Gasteiger partial charge in [0.2, 0.25) is 5.91 Å². The molecule has 3 rings (SSSR count). The highest BCUT2D eigenvalue weighted by atomic mass is 16.5. The highest BCUT2D eigenvalue weighted by molar-refractivity contribution is 6.05. The van der Waals surface area contributed by atoms with E-state index in [-0.39, 0.29) is 17.7 Å². The third-order valence-electron chi connectivity index (χ3n) is 4.87. The first-order chi connectivity index (χ1) is 13.4. The molecule has 148 valence electrons. The van der Waals surface area contributed by atoms with E-state index in [0.29, 0.717) is 23.8 Å². The number of carbonyl (C=O) groups is 2. The summed E-state index contributed by atoms with van der Waals surface area (Å²) in [4.78, 5) is 24.6. The first-order valence-electron chi connectivity index (χ1n) is 9.88. The molecule has 0 heterocycles. The Morgan fingerprint density at radius 3 is 2.29 bits per heavy atom. The van der Waals surface area contributed by atoms with Gasteiger partial charge >= 0.3 is 0 Å². The summed E-state index contributed by atoms with van der Waals surface area (Å²) >= 11 is 0. The zero-order valence-electron chi connectivity index (χ0n) is 16.7. The van der Waals surface area contributed by atoms with Crippen molar-refractivity contribution in [3.05, 3.63) is 53.6 Å². The largest absolute Gasteiger partial charge is 0.494 e. The minimum atomic E-state index is -0.192. The fourth-order valence-electron chi connectivity index (χ4n) is 2.80. The second-order valence-electron chi connectivity index (χ2n) is 7.75. The first-order valence-corrected chi connectivity index (χ1v) is 9.88. The van der Waals surface area contributed by atoms with E-state index in [1.165, 1.54) is 0 Å². The smallest absolute Gasteiger partial charge is 0.255 e. The number of ether oxygens (including phenoxy) is 1. The Balaban J connectivity index is 1.61. The van der Waals surface area contributed by atoms with Crippen LogP contribution in [0.25, 0.3) is 0 Å². The second-order valence-corrected chi connectivity index (χ2v) is 7.75. The van der Waals surface area contributed by atoms with Crippen molar-refractivity contribution in [2.75, 3.05) is 17.2 Å². The molecule has 0 spiro atoms. The van der Waals surface area contributed by atoms with Crippen LogP contribution in [0.3, 0.4) is 0 Å². The van der Waals surface area contributed by atoms with Crippen LogP contribution in [0.15, 0.2) is 42.5 Å². The van der Waals surface area contributed by atoms with E-state index in [1.54, 1.807) is 12.1 Å². The monoisotopic (exact) mass is 380 g/mol. The van der Waals surface area contributed by atoms with Crippen molar-refractivity contribution in [1.82, 2.24) is 0 Å². The molecular weight excluding hydrogens is 352 g/mol. The van der Waals surface area contributed by atoms with Crippen molar-refractivity contribution in [3.8, 4) is 5.75 Å². The SMILES string of the molecule is Cc1c(NC(=O)c2ccc(OCCC(C)C)cc2)cccc1NC(=O)C1CC1. The van der Waals surface area contributed by atoms with Crippen LogP contribution < -0.4 is 15.4 Å². The Morgan fingerprint density at radius 1 is 1.04 bits per heavy atom. The molecule has 0 radical (unpaired) electrons. The van der Waals surface area contributed by atoms with Gasteiger partial charge in [-0.1, -0.05) is 19.9 Å². The zero-order chi connectivity index (χ0) is 20.1. The summed E-state index contributed by atoms with van der Waals surface area (Å²) in [5, 5.41) is 5.89. The number of nitrogens with one attached hydrogen (secondary N) is 2. The summed E-state index contributed by atoms with van der Waals surface area (Å²) in [5.74, 6) is 1.36. The Labute approximate surface area is 166 Å². The minimum absolute atomic E-state index is 0.0552. The van der Waals surface area contributed by atoms with Crippen LogP contribution in [-0.2, 0) is 4.79 Å². The first kappa shape index (κ1) is 19.9. The third-order valence-corrected chi connectivity index (χ3v) is 4.87. The molecule has 0 aromatic heterocycles. The number of anilines is 2. The molecule has 2 aromatic carbocycles. The molecule has 28 heavy (non-hydrogen) atoms. The second kappa shape index (κ2) is 8.91. The van der Waals surface area contributed by atoms with Gasteiger partial charge in [-0.3, -0.25) is 9.59 Å². The Kier molecular flexibility index (Phi) is 6.34. The lowest BCUT2D eigenvalue weighted by molar-refractivity contribution is -0.117. The lowest BCUT2D eigenvalue weighted by Gasteiger charge is -2.14. The van der Waals surface area contributed by atoms with Gasteiger partial charge in [-0.15, -0.1) is 0 Å². The lowest BCUT2D eigenvalue weighted by atomic mass is 10.1. The molecule has 2 aromatic rings. The van der Waals surface area contributed by atoms with Crippen molar-refractivity contribution < 1.29 is 14.3 Å². The van der Waals surface area contributed by atoms with E-state index in [4.69, 9.17) is 4.74 Å². The fourth-order valence-corrected chi connectivity index (χ4v) is 2.80. The molecule has 0 bridgehead atoms. The van der Waals surface area contributed by atoms with Gasteiger partial charge in [-0.2, -0.15) is 0 Å². The summed E-state index contributed by atoms with van der Waals surface area (Å²) in [7, 11) is 0. The molecule has 2 N–H and O–H groups in total. The van der Waals surface area contributed by atoms with E-state index in [9.17, 15) is 9.59 Å². The maximum atomic E-state index is 12.6. The van der Waals surface area contributed by atoms with E-state index < -0.39 is 0 Å². The number of amides is 2. The molecule has 1 fully saturated rings. The summed E-state index contributed by atoms with van der Waals surface area (Å²) in [6, 6.07) is 12.7. The van der Waals surface area contributed by atoms with Gasteiger partial charge < -0.3 is 15.4 Å². The van der Waals surface area contributed by atoms with Gasteiger partial charge in [0.15, 0.2) is 0 Å². The van der Waals surface area contributed by atoms with Crippen LogP contribution in [0.2, 0.25) is 0 Å². The number of benzene rings is 2. The summed E-state index contributed by atoms with van der Waals surface area (Å²) < 4.78 is 5.69.